The molecule has 2 N–H and O–H groups in total. The first kappa shape index (κ1) is 39.1. The molecule has 7 rings (SSSR count). The van der Waals surface area contributed by atoms with Crippen molar-refractivity contribution in [2.24, 2.45) is 5.92 Å². The van der Waals surface area contributed by atoms with Crippen molar-refractivity contribution in [3.63, 3.8) is 0 Å². The summed E-state index contributed by atoms with van der Waals surface area (Å²) in [6.07, 6.45) is 12.3. The fourth-order valence-electron chi connectivity index (χ4n) is 7.85. The summed E-state index contributed by atoms with van der Waals surface area (Å²) in [6.45, 7) is 6.74. The van der Waals surface area contributed by atoms with Gasteiger partial charge in [-0.15, -0.1) is 22.0 Å². The lowest BCUT2D eigenvalue weighted by Gasteiger charge is -2.35. The highest BCUT2D eigenvalue weighted by molar-refractivity contribution is 7.99. The molecule has 0 aliphatic carbocycles. The van der Waals surface area contributed by atoms with Gasteiger partial charge in [0, 0.05) is 100 Å². The van der Waals surface area contributed by atoms with E-state index in [1.165, 1.54) is 0 Å². The number of carbonyl (C=O) groups excluding carboxylic acids is 5. The average molecular weight is 780 g/mol. The Labute approximate surface area is 331 Å². The number of benzene rings is 1. The molecule has 1 aromatic carbocycles. The van der Waals surface area contributed by atoms with Gasteiger partial charge in [0.1, 0.15) is 6.04 Å². The number of pyridine rings is 1. The van der Waals surface area contributed by atoms with Crippen LogP contribution in [0.1, 0.15) is 76.9 Å². The minimum Gasteiger partial charge on any atom is -0.353 e. The number of rotatable bonds is 14. The van der Waals surface area contributed by atoms with Gasteiger partial charge in [-0.25, -0.2) is 0 Å². The van der Waals surface area contributed by atoms with E-state index >= 15 is 0 Å². The number of aromatic nitrogens is 3. The van der Waals surface area contributed by atoms with Gasteiger partial charge < -0.3 is 20.0 Å². The van der Waals surface area contributed by atoms with Crippen LogP contribution in [0.5, 0.6) is 0 Å². The number of imide groups is 1. The Kier molecular flexibility index (Phi) is 13.0. The molecule has 3 aromatic rings. The zero-order valence-electron chi connectivity index (χ0n) is 31.6. The lowest BCUT2D eigenvalue weighted by atomic mass is 9.91. The van der Waals surface area contributed by atoms with Gasteiger partial charge in [-0.05, 0) is 79.1 Å². The summed E-state index contributed by atoms with van der Waals surface area (Å²) in [5, 5.41) is 14.1. The van der Waals surface area contributed by atoms with Crippen molar-refractivity contribution in [3.05, 3.63) is 83.3 Å². The van der Waals surface area contributed by atoms with Crippen LogP contribution in [0.25, 0.3) is 6.08 Å². The van der Waals surface area contributed by atoms with E-state index in [0.29, 0.717) is 49.8 Å². The van der Waals surface area contributed by atoms with Crippen LogP contribution in [0.2, 0.25) is 0 Å². The molecule has 1 unspecified atom stereocenters. The highest BCUT2D eigenvalue weighted by atomic mass is 32.2. The molecule has 3 fully saturated rings. The third-order valence-corrected chi connectivity index (χ3v) is 12.2. The number of hydrogen-bond acceptors (Lipinski definition) is 11. The maximum Gasteiger partial charge on any atom is 0.274 e. The Morgan fingerprint density at radius 1 is 0.929 bits per heavy atom. The molecule has 4 aliphatic rings. The summed E-state index contributed by atoms with van der Waals surface area (Å²) in [5.41, 5.74) is 2.87. The molecule has 6 heterocycles. The summed E-state index contributed by atoms with van der Waals surface area (Å²) in [7, 11) is 0. The first-order valence-corrected chi connectivity index (χ1v) is 20.7. The predicted molar refractivity (Wildman–Crippen MR) is 213 cm³/mol. The molecule has 14 nitrogen and oxygen atoms in total. The number of nitrogens with zero attached hydrogens (tertiary/aromatic N) is 7. The summed E-state index contributed by atoms with van der Waals surface area (Å²) < 4.78 is 0. The number of amides is 5. The van der Waals surface area contributed by atoms with Crippen molar-refractivity contribution in [2.45, 2.75) is 62.4 Å². The molecule has 2 aromatic heterocycles. The zero-order chi connectivity index (χ0) is 38.9. The van der Waals surface area contributed by atoms with Crippen LogP contribution in [-0.4, -0.2) is 124 Å². The second-order valence-corrected chi connectivity index (χ2v) is 15.9. The molecular formula is C41H49N9O5S. The molecule has 5 amide bonds. The number of carbonyl (C=O) groups is 5. The SMILES string of the molecule is O=C(/C=C/c1cccnc1)NCCCCC1CCN(C(=O)c2ccc(N3CCN(CCSc4cccc5c4CN(C4CCC(=O)NC4=O)C5=O)CC3)nn2)CC1. The smallest absolute Gasteiger partial charge is 0.274 e. The molecular weight excluding hydrogens is 731 g/mol. The Bertz CT molecular complexity index is 1910. The predicted octanol–water partition coefficient (Wildman–Crippen LogP) is 3.40. The van der Waals surface area contributed by atoms with E-state index in [0.717, 1.165) is 92.4 Å². The van der Waals surface area contributed by atoms with Crippen molar-refractivity contribution in [2.75, 3.05) is 63.0 Å². The van der Waals surface area contributed by atoms with E-state index in [4.69, 9.17) is 0 Å². The van der Waals surface area contributed by atoms with Crippen molar-refractivity contribution in [3.8, 4) is 0 Å². The fraction of sp³-hybridized carbons (Fsp3) is 0.463. The van der Waals surface area contributed by atoms with Crippen LogP contribution in [0.3, 0.4) is 0 Å². The van der Waals surface area contributed by atoms with Gasteiger partial charge in [0.15, 0.2) is 11.5 Å². The lowest BCUT2D eigenvalue weighted by Crippen LogP contribution is -2.52. The van der Waals surface area contributed by atoms with Gasteiger partial charge >= 0.3 is 0 Å². The van der Waals surface area contributed by atoms with Crippen LogP contribution in [0.15, 0.2) is 65.8 Å². The lowest BCUT2D eigenvalue weighted by molar-refractivity contribution is -0.137. The molecule has 1 atom stereocenters. The van der Waals surface area contributed by atoms with Gasteiger partial charge in [0.05, 0.1) is 0 Å². The van der Waals surface area contributed by atoms with E-state index in [1.807, 2.05) is 41.3 Å². The topological polar surface area (TPSA) is 161 Å². The van der Waals surface area contributed by atoms with Gasteiger partial charge in [-0.3, -0.25) is 39.2 Å². The second-order valence-electron chi connectivity index (χ2n) is 14.8. The Balaban J connectivity index is 0.778. The number of anilines is 1. The summed E-state index contributed by atoms with van der Waals surface area (Å²) in [5.74, 6) is 1.22. The second kappa shape index (κ2) is 18.7. The van der Waals surface area contributed by atoms with Crippen LogP contribution < -0.4 is 15.5 Å². The number of hydrogen-bond donors (Lipinski definition) is 2. The molecule has 3 saturated heterocycles. The van der Waals surface area contributed by atoms with Crippen LogP contribution in [0.4, 0.5) is 5.82 Å². The van der Waals surface area contributed by atoms with E-state index < -0.39 is 11.9 Å². The van der Waals surface area contributed by atoms with Crippen molar-refractivity contribution >= 4 is 53.2 Å². The maximum absolute atomic E-state index is 13.2. The van der Waals surface area contributed by atoms with Crippen LogP contribution in [0, 0.1) is 5.92 Å². The third kappa shape index (κ3) is 9.80. The number of likely N-dealkylation sites (tertiary alicyclic amines) is 1. The number of piperazine rings is 1. The molecule has 0 bridgehead atoms. The molecule has 0 radical (unpaired) electrons. The van der Waals surface area contributed by atoms with Crippen molar-refractivity contribution in [1.29, 1.82) is 0 Å². The summed E-state index contributed by atoms with van der Waals surface area (Å²) in [4.78, 5) is 75.8. The van der Waals surface area contributed by atoms with Crippen LogP contribution >= 0.6 is 11.8 Å². The summed E-state index contributed by atoms with van der Waals surface area (Å²) in [6, 6.07) is 12.6. The summed E-state index contributed by atoms with van der Waals surface area (Å²) >= 11 is 1.73. The molecule has 4 aliphatic heterocycles. The number of piperidine rings is 2. The van der Waals surface area contributed by atoms with E-state index in [9.17, 15) is 24.0 Å². The average Bonchev–Trinajstić information content (AvgIpc) is 3.56. The number of nitrogens with one attached hydrogen (secondary N) is 2. The first-order valence-electron chi connectivity index (χ1n) is 19.7. The first-order chi connectivity index (χ1) is 27.3. The minimum atomic E-state index is -0.616. The standard InChI is InChI=1S/C41H49N9O5S/c51-37(13-9-30-6-4-17-42-27-30)43-18-2-1-5-29-15-19-49(20-16-29)41(55)33-10-12-36(46-45-33)48-23-21-47(22-24-48)25-26-56-35-8-3-7-31-32(35)28-50(40(31)54)34-11-14-38(52)44-39(34)53/h3-4,6-10,12-13,17,27,29,34H,1-2,5,11,14-16,18-26,28H2,(H,43,51)(H,44,52,53)/b13-9+. The Morgan fingerprint density at radius 3 is 2.52 bits per heavy atom. The van der Waals surface area contributed by atoms with Gasteiger partial charge in [-0.2, -0.15) is 0 Å². The molecule has 0 spiro atoms. The zero-order valence-corrected chi connectivity index (χ0v) is 32.4. The molecule has 294 valence electrons. The third-order valence-electron chi connectivity index (χ3n) is 11.1. The molecule has 56 heavy (non-hydrogen) atoms. The number of fused-ring (bicyclic) bond motifs is 1. The van der Waals surface area contributed by atoms with E-state index in [-0.39, 0.29) is 30.0 Å². The Hall–Kier alpha value is -5.15. The highest BCUT2D eigenvalue weighted by Gasteiger charge is 2.40. The normalized spacial score (nSPS) is 19.4. The maximum atomic E-state index is 13.2. The Morgan fingerprint density at radius 2 is 1.77 bits per heavy atom. The molecule has 0 saturated carbocycles. The number of thioether (sulfide) groups is 1. The molecule has 15 heteroatoms. The highest BCUT2D eigenvalue weighted by Crippen LogP contribution is 2.34. The monoisotopic (exact) mass is 779 g/mol. The quantitative estimate of drug-likeness (QED) is 0.107. The number of unbranched alkanes of at least 4 members (excludes halogenated alkanes) is 1. The van der Waals surface area contributed by atoms with Gasteiger partial charge in [0.25, 0.3) is 11.8 Å². The largest absolute Gasteiger partial charge is 0.353 e. The van der Waals surface area contributed by atoms with Crippen molar-refractivity contribution < 1.29 is 24.0 Å². The van der Waals surface area contributed by atoms with Gasteiger partial charge in [-0.1, -0.05) is 25.0 Å². The van der Waals surface area contributed by atoms with E-state index in [2.05, 4.69) is 35.6 Å². The van der Waals surface area contributed by atoms with Crippen LogP contribution in [-0.2, 0) is 20.9 Å². The van der Waals surface area contributed by atoms with E-state index in [1.54, 1.807) is 47.3 Å². The van der Waals surface area contributed by atoms with Gasteiger partial charge in [0.2, 0.25) is 17.7 Å². The van der Waals surface area contributed by atoms with Crippen molar-refractivity contribution in [1.82, 2.24) is 40.5 Å². The minimum absolute atomic E-state index is 0.0658. The fourth-order valence-corrected chi connectivity index (χ4v) is 8.94.